The summed E-state index contributed by atoms with van der Waals surface area (Å²) in [5.74, 6) is -0.252. The van der Waals surface area contributed by atoms with E-state index in [1.54, 1.807) is 38.1 Å². The Morgan fingerprint density at radius 1 is 1.42 bits per heavy atom. The van der Waals surface area contributed by atoms with Gasteiger partial charge in [0, 0.05) is 12.1 Å². The van der Waals surface area contributed by atoms with E-state index < -0.39 is 10.9 Å². The molecule has 1 heterocycles. The first-order valence-electron chi connectivity index (χ1n) is 7.10. The van der Waals surface area contributed by atoms with Gasteiger partial charge in [-0.1, -0.05) is 6.07 Å². The molecule has 0 aliphatic carbocycles. The zero-order valence-corrected chi connectivity index (χ0v) is 13.1. The number of carbonyl (C=O) groups excluding carboxylic acids is 1. The number of nitrogens with zero attached hydrogens (tertiary/aromatic N) is 2. The molecule has 0 amide bonds. The molecule has 0 N–H and O–H groups in total. The average molecular weight is 326 g/mol. The molecule has 0 unspecified atom stereocenters. The van der Waals surface area contributed by atoms with Gasteiger partial charge < -0.3 is 9.15 Å². The number of ether oxygens (including phenoxy) is 1. The molecule has 2 aromatic rings. The van der Waals surface area contributed by atoms with Crippen LogP contribution in [0, 0.1) is 28.4 Å². The van der Waals surface area contributed by atoms with Gasteiger partial charge in [-0.05, 0) is 37.6 Å². The Hall–Kier alpha value is -3.40. The zero-order chi connectivity index (χ0) is 17.7. The second-order valence-corrected chi connectivity index (χ2v) is 4.87. The van der Waals surface area contributed by atoms with Crippen LogP contribution in [0.5, 0.6) is 0 Å². The maximum absolute atomic E-state index is 11.6. The number of benzene rings is 1. The second-order valence-electron chi connectivity index (χ2n) is 4.87. The van der Waals surface area contributed by atoms with E-state index in [4.69, 9.17) is 14.4 Å². The molecule has 0 fully saturated rings. The van der Waals surface area contributed by atoms with E-state index in [0.717, 1.165) is 5.56 Å². The van der Waals surface area contributed by atoms with Crippen LogP contribution < -0.4 is 0 Å². The van der Waals surface area contributed by atoms with Gasteiger partial charge in [0.15, 0.2) is 0 Å². The van der Waals surface area contributed by atoms with Crippen molar-refractivity contribution < 1.29 is 18.9 Å². The molecule has 0 spiro atoms. The van der Waals surface area contributed by atoms with Gasteiger partial charge in [0.05, 0.1) is 17.1 Å². The first kappa shape index (κ1) is 17.0. The highest BCUT2D eigenvalue weighted by atomic mass is 16.6. The van der Waals surface area contributed by atoms with Crippen LogP contribution in [0.15, 0.2) is 40.3 Å². The highest BCUT2D eigenvalue weighted by molar-refractivity contribution is 5.97. The van der Waals surface area contributed by atoms with Gasteiger partial charge in [-0.15, -0.1) is 0 Å². The summed E-state index contributed by atoms with van der Waals surface area (Å²) < 4.78 is 10.3. The molecule has 0 aliphatic heterocycles. The predicted molar refractivity (Wildman–Crippen MR) is 85.8 cm³/mol. The van der Waals surface area contributed by atoms with Crippen molar-refractivity contribution in [2.75, 3.05) is 6.61 Å². The third-order valence-corrected chi connectivity index (χ3v) is 3.14. The van der Waals surface area contributed by atoms with Gasteiger partial charge in [-0.2, -0.15) is 5.26 Å². The number of hydrogen-bond donors (Lipinski definition) is 0. The summed E-state index contributed by atoms with van der Waals surface area (Å²) in [5.41, 5.74) is 0.785. The van der Waals surface area contributed by atoms with E-state index in [9.17, 15) is 14.9 Å². The molecular weight excluding hydrogens is 312 g/mol. The molecule has 0 radical (unpaired) electrons. The summed E-state index contributed by atoms with van der Waals surface area (Å²) in [6.45, 7) is 3.54. The van der Waals surface area contributed by atoms with Crippen molar-refractivity contribution in [2.24, 2.45) is 0 Å². The van der Waals surface area contributed by atoms with Gasteiger partial charge in [-0.25, -0.2) is 4.79 Å². The number of esters is 1. The predicted octanol–water partition coefficient (Wildman–Crippen LogP) is 3.63. The van der Waals surface area contributed by atoms with E-state index in [1.807, 2.05) is 0 Å². The first-order valence-corrected chi connectivity index (χ1v) is 7.10. The smallest absolute Gasteiger partial charge is 0.349 e. The molecule has 0 bridgehead atoms. The molecule has 0 aliphatic rings. The number of hydrogen-bond acceptors (Lipinski definition) is 6. The fourth-order valence-corrected chi connectivity index (χ4v) is 2.06. The molecule has 0 atom stereocenters. The van der Waals surface area contributed by atoms with E-state index in [0.29, 0.717) is 5.56 Å². The van der Waals surface area contributed by atoms with Gasteiger partial charge in [0.1, 0.15) is 23.2 Å². The Bertz CT molecular complexity index is 858. The minimum absolute atomic E-state index is 0.0780. The molecule has 7 heteroatoms. The normalized spacial score (nSPS) is 11.0. The highest BCUT2D eigenvalue weighted by Crippen LogP contribution is 2.32. The van der Waals surface area contributed by atoms with E-state index in [2.05, 4.69) is 0 Å². The third-order valence-electron chi connectivity index (χ3n) is 3.14. The van der Waals surface area contributed by atoms with Gasteiger partial charge >= 0.3 is 5.97 Å². The Labute approximate surface area is 137 Å². The van der Waals surface area contributed by atoms with Crippen LogP contribution in [0.2, 0.25) is 0 Å². The Balaban J connectivity index is 2.40. The maximum Gasteiger partial charge on any atom is 0.349 e. The lowest BCUT2D eigenvalue weighted by molar-refractivity contribution is -0.384. The van der Waals surface area contributed by atoms with E-state index in [1.165, 1.54) is 18.2 Å². The highest BCUT2D eigenvalue weighted by Gasteiger charge is 2.18. The second kappa shape index (κ2) is 7.24. The van der Waals surface area contributed by atoms with Crippen LogP contribution in [-0.4, -0.2) is 17.5 Å². The molecule has 7 nitrogen and oxygen atoms in total. The number of carbonyl (C=O) groups is 1. The zero-order valence-electron chi connectivity index (χ0n) is 13.1. The van der Waals surface area contributed by atoms with Crippen LogP contribution in [-0.2, 0) is 9.53 Å². The largest absolute Gasteiger partial charge is 0.462 e. The van der Waals surface area contributed by atoms with Crippen molar-refractivity contribution in [1.82, 2.24) is 0 Å². The lowest BCUT2D eigenvalue weighted by atomic mass is 10.1. The van der Waals surface area contributed by atoms with Crippen molar-refractivity contribution in [1.29, 1.82) is 5.26 Å². The summed E-state index contributed by atoms with van der Waals surface area (Å²) in [6.07, 6.45) is 1.24. The van der Waals surface area contributed by atoms with Crippen molar-refractivity contribution in [3.05, 3.63) is 57.3 Å². The summed E-state index contributed by atoms with van der Waals surface area (Å²) in [6, 6.07) is 9.59. The van der Waals surface area contributed by atoms with E-state index in [-0.39, 0.29) is 29.4 Å². The Morgan fingerprint density at radius 2 is 2.17 bits per heavy atom. The average Bonchev–Trinajstić information content (AvgIpc) is 3.01. The SMILES string of the molecule is CCOC(=O)/C(C#N)=C/c1ccc(-c2ccc(C)cc2[N+](=O)[O-])o1. The van der Waals surface area contributed by atoms with Crippen molar-refractivity contribution in [2.45, 2.75) is 13.8 Å². The number of furan rings is 1. The minimum atomic E-state index is -0.751. The summed E-state index contributed by atoms with van der Waals surface area (Å²) >= 11 is 0. The van der Waals surface area contributed by atoms with Crippen LogP contribution in [0.1, 0.15) is 18.2 Å². The van der Waals surface area contributed by atoms with Crippen molar-refractivity contribution in [3.8, 4) is 17.4 Å². The summed E-state index contributed by atoms with van der Waals surface area (Å²) in [5, 5.41) is 20.2. The summed E-state index contributed by atoms with van der Waals surface area (Å²) in [7, 11) is 0. The third kappa shape index (κ3) is 3.67. The fourth-order valence-electron chi connectivity index (χ4n) is 2.06. The van der Waals surface area contributed by atoms with E-state index >= 15 is 0 Å². The van der Waals surface area contributed by atoms with Gasteiger partial charge in [0.25, 0.3) is 5.69 Å². The first-order chi connectivity index (χ1) is 11.5. The van der Waals surface area contributed by atoms with Gasteiger partial charge in [0.2, 0.25) is 0 Å². The van der Waals surface area contributed by atoms with Crippen molar-refractivity contribution in [3.63, 3.8) is 0 Å². The van der Waals surface area contributed by atoms with Gasteiger partial charge in [-0.3, -0.25) is 10.1 Å². The lowest BCUT2D eigenvalue weighted by Gasteiger charge is -2.01. The van der Waals surface area contributed by atoms with Crippen LogP contribution in [0.3, 0.4) is 0 Å². The Kier molecular flexibility index (Phi) is 5.12. The minimum Gasteiger partial charge on any atom is -0.462 e. The molecule has 1 aromatic heterocycles. The number of nitro benzene ring substituents is 1. The lowest BCUT2D eigenvalue weighted by Crippen LogP contribution is -2.05. The fraction of sp³-hybridized carbons (Fsp3) is 0.176. The number of rotatable bonds is 5. The van der Waals surface area contributed by atoms with Crippen molar-refractivity contribution >= 4 is 17.7 Å². The Morgan fingerprint density at radius 3 is 2.79 bits per heavy atom. The molecule has 122 valence electrons. The molecule has 0 saturated heterocycles. The van der Waals surface area contributed by atoms with Crippen LogP contribution in [0.4, 0.5) is 5.69 Å². The molecular formula is C17H14N2O5. The molecule has 2 rings (SSSR count). The van der Waals surface area contributed by atoms with Crippen LogP contribution >= 0.6 is 0 Å². The summed E-state index contributed by atoms with van der Waals surface area (Å²) in [4.78, 5) is 22.3. The number of nitriles is 1. The standard InChI is InChI=1S/C17H14N2O5/c1-3-23-17(20)12(10-18)9-13-5-7-16(24-13)14-6-4-11(2)8-15(14)19(21)22/h4-9H,3H2,1-2H3/b12-9+. The number of aryl methyl sites for hydroxylation is 1. The molecule has 1 aromatic carbocycles. The quantitative estimate of drug-likeness (QED) is 0.273. The van der Waals surface area contributed by atoms with Crippen LogP contribution in [0.25, 0.3) is 17.4 Å². The topological polar surface area (TPSA) is 106 Å². The number of nitro groups is 1. The molecule has 24 heavy (non-hydrogen) atoms. The monoisotopic (exact) mass is 326 g/mol. The molecule has 0 saturated carbocycles. The maximum atomic E-state index is 11.6.